The normalized spacial score (nSPS) is 44.1. The Hall–Kier alpha value is -1.76. The number of ether oxygens (including phenoxy) is 1. The number of ketones is 2. The highest BCUT2D eigenvalue weighted by Crippen LogP contribution is 2.70. The van der Waals surface area contributed by atoms with Crippen molar-refractivity contribution >= 4 is 23.4 Å². The van der Waals surface area contributed by atoms with Crippen LogP contribution in [0.4, 0.5) is 0 Å². The molecule has 39 heavy (non-hydrogen) atoms. The standard InChI is InChI=1S/C32H51NO6/c1-18(2)11-10-12-19(3)21-13-15-30(8)27-32(38,26(37)25(36)31(21,30)9)29(7)16-14-23(39-20(4)34)28(5,6)22(29)17-24(35)33-27/h18-19,21-23,27,38H,10-17H2,1-9H3,(H,33,35)/t19-,21-,22+,23+,27+,29+,30+,31+,32-/m1/s1. The number of fused-ring (bicyclic) bond motifs is 5. The van der Waals surface area contributed by atoms with Gasteiger partial charge in [-0.25, -0.2) is 0 Å². The van der Waals surface area contributed by atoms with Gasteiger partial charge in [0.15, 0.2) is 5.60 Å². The van der Waals surface area contributed by atoms with Crippen molar-refractivity contribution in [3.8, 4) is 0 Å². The van der Waals surface area contributed by atoms with Gasteiger partial charge in [0.05, 0.1) is 6.04 Å². The van der Waals surface area contributed by atoms with Crippen LogP contribution in [0, 0.1) is 45.3 Å². The smallest absolute Gasteiger partial charge is 0.302 e. The van der Waals surface area contributed by atoms with Crippen molar-refractivity contribution in [3.05, 3.63) is 0 Å². The second-order valence-electron chi connectivity index (χ2n) is 15.1. The van der Waals surface area contributed by atoms with Gasteiger partial charge in [0.1, 0.15) is 6.10 Å². The lowest BCUT2D eigenvalue weighted by atomic mass is 9.41. The van der Waals surface area contributed by atoms with Crippen LogP contribution in [0.3, 0.4) is 0 Å². The molecule has 1 saturated heterocycles. The van der Waals surface area contributed by atoms with Gasteiger partial charge in [-0.3, -0.25) is 19.2 Å². The summed E-state index contributed by atoms with van der Waals surface area (Å²) in [6, 6.07) is -0.864. The first-order valence-corrected chi connectivity index (χ1v) is 15.2. The summed E-state index contributed by atoms with van der Waals surface area (Å²) in [5.74, 6) is -1.42. The van der Waals surface area contributed by atoms with Gasteiger partial charge in [-0.2, -0.15) is 0 Å². The highest BCUT2D eigenvalue weighted by atomic mass is 16.5. The molecule has 0 radical (unpaired) electrons. The largest absolute Gasteiger partial charge is 0.462 e. The summed E-state index contributed by atoms with van der Waals surface area (Å²) in [5.41, 5.74) is -5.51. The Kier molecular flexibility index (Phi) is 7.48. The van der Waals surface area contributed by atoms with Crippen LogP contribution in [-0.4, -0.2) is 46.3 Å². The first kappa shape index (κ1) is 30.2. The van der Waals surface area contributed by atoms with Crippen molar-refractivity contribution in [2.45, 2.75) is 131 Å². The maximum absolute atomic E-state index is 14.4. The molecule has 7 heteroatoms. The third kappa shape index (κ3) is 4.06. The molecular formula is C32H51NO6. The third-order valence-corrected chi connectivity index (χ3v) is 12.4. The zero-order valence-corrected chi connectivity index (χ0v) is 25.6. The summed E-state index contributed by atoms with van der Waals surface area (Å²) in [6.45, 7) is 17.7. The van der Waals surface area contributed by atoms with Crippen molar-refractivity contribution in [1.29, 1.82) is 0 Å². The number of esters is 1. The molecule has 0 bridgehead atoms. The number of hydrogen-bond donors (Lipinski definition) is 2. The van der Waals surface area contributed by atoms with Gasteiger partial charge in [-0.1, -0.05) is 74.7 Å². The first-order chi connectivity index (χ1) is 17.9. The Labute approximate surface area is 234 Å². The van der Waals surface area contributed by atoms with Gasteiger partial charge in [0.25, 0.3) is 0 Å². The van der Waals surface area contributed by atoms with Gasteiger partial charge in [0.2, 0.25) is 17.5 Å². The summed E-state index contributed by atoms with van der Waals surface area (Å²) in [7, 11) is 0. The molecule has 220 valence electrons. The van der Waals surface area contributed by atoms with Crippen LogP contribution in [-0.2, 0) is 23.9 Å². The number of carbonyl (C=O) groups is 4. The van der Waals surface area contributed by atoms with Crippen LogP contribution in [0.2, 0.25) is 0 Å². The highest BCUT2D eigenvalue weighted by Gasteiger charge is 2.79. The van der Waals surface area contributed by atoms with Crippen molar-refractivity contribution in [3.63, 3.8) is 0 Å². The Balaban J connectivity index is 1.79. The average Bonchev–Trinajstić information content (AvgIpc) is 3.06. The lowest BCUT2D eigenvalue weighted by molar-refractivity contribution is -0.224. The maximum Gasteiger partial charge on any atom is 0.302 e. The monoisotopic (exact) mass is 545 g/mol. The topological polar surface area (TPSA) is 110 Å². The number of amides is 1. The molecule has 0 aromatic rings. The van der Waals surface area contributed by atoms with Crippen molar-refractivity contribution in [2.75, 3.05) is 0 Å². The number of rotatable bonds is 6. The quantitative estimate of drug-likeness (QED) is 0.358. The molecule has 4 aliphatic rings. The van der Waals surface area contributed by atoms with E-state index in [2.05, 4.69) is 26.1 Å². The van der Waals surface area contributed by atoms with E-state index in [0.29, 0.717) is 25.2 Å². The summed E-state index contributed by atoms with van der Waals surface area (Å²) < 4.78 is 5.68. The molecular weight excluding hydrogens is 494 g/mol. The number of Topliss-reactive ketones (excluding diaryl/α,β-unsaturated/α-hetero) is 2. The molecule has 1 heterocycles. The fourth-order valence-electron chi connectivity index (χ4n) is 9.84. The summed E-state index contributed by atoms with van der Waals surface area (Å²) in [5, 5.41) is 15.9. The van der Waals surface area contributed by atoms with E-state index < -0.39 is 62.9 Å². The molecule has 0 spiro atoms. The van der Waals surface area contributed by atoms with E-state index in [-0.39, 0.29) is 24.2 Å². The molecule has 1 aliphatic heterocycles. The van der Waals surface area contributed by atoms with Crippen LogP contribution < -0.4 is 5.32 Å². The maximum atomic E-state index is 14.4. The van der Waals surface area contributed by atoms with Crippen molar-refractivity contribution < 1.29 is 29.0 Å². The number of carbonyl (C=O) groups excluding carboxylic acids is 4. The number of aliphatic hydroxyl groups is 1. The third-order valence-electron chi connectivity index (χ3n) is 12.4. The molecule has 9 atom stereocenters. The fraction of sp³-hybridized carbons (Fsp3) is 0.875. The van der Waals surface area contributed by atoms with Crippen LogP contribution in [0.5, 0.6) is 0 Å². The molecule has 1 amide bonds. The van der Waals surface area contributed by atoms with Crippen LogP contribution in [0.1, 0.15) is 114 Å². The second kappa shape index (κ2) is 9.66. The Morgan fingerprint density at radius 3 is 2.18 bits per heavy atom. The van der Waals surface area contributed by atoms with E-state index in [9.17, 15) is 24.3 Å². The molecule has 7 nitrogen and oxygen atoms in total. The van der Waals surface area contributed by atoms with E-state index in [0.717, 1.165) is 25.7 Å². The van der Waals surface area contributed by atoms with E-state index >= 15 is 0 Å². The van der Waals surface area contributed by atoms with Gasteiger partial charge >= 0.3 is 5.97 Å². The van der Waals surface area contributed by atoms with Crippen LogP contribution in [0.15, 0.2) is 0 Å². The van der Waals surface area contributed by atoms with Gasteiger partial charge in [-0.15, -0.1) is 0 Å². The zero-order valence-electron chi connectivity index (χ0n) is 25.6. The molecule has 0 unspecified atom stereocenters. The van der Waals surface area contributed by atoms with Gasteiger partial charge in [0, 0.05) is 35.0 Å². The minimum Gasteiger partial charge on any atom is -0.462 e. The van der Waals surface area contributed by atoms with E-state index in [1.807, 2.05) is 34.6 Å². The number of hydrogen-bond acceptors (Lipinski definition) is 6. The van der Waals surface area contributed by atoms with Crippen LogP contribution in [0.25, 0.3) is 0 Å². The zero-order chi connectivity index (χ0) is 29.3. The average molecular weight is 546 g/mol. The van der Waals surface area contributed by atoms with Crippen molar-refractivity contribution in [1.82, 2.24) is 5.32 Å². The summed E-state index contributed by atoms with van der Waals surface area (Å²) >= 11 is 0. The SMILES string of the molecule is CC(=O)O[C@H]1CC[C@@]2(C)[C@@H](CC(=O)N[C@H]3[C@]4(C)CC[C@H]([C@H](C)CCCC(C)C)[C@@]4(C)C(=O)C(=O)[C@@]32O)C1(C)C. The predicted octanol–water partition coefficient (Wildman–Crippen LogP) is 5.02. The van der Waals surface area contributed by atoms with E-state index in [4.69, 9.17) is 4.74 Å². The highest BCUT2D eigenvalue weighted by molar-refractivity contribution is 6.43. The lowest BCUT2D eigenvalue weighted by Crippen LogP contribution is -2.79. The first-order valence-electron chi connectivity index (χ1n) is 15.2. The minimum atomic E-state index is -2.04. The molecule has 3 aliphatic carbocycles. The summed E-state index contributed by atoms with van der Waals surface area (Å²) in [4.78, 5) is 54.3. The predicted molar refractivity (Wildman–Crippen MR) is 148 cm³/mol. The lowest BCUT2D eigenvalue weighted by Gasteiger charge is -2.64. The van der Waals surface area contributed by atoms with Gasteiger partial charge in [-0.05, 0) is 49.4 Å². The molecule has 0 aromatic carbocycles. The fourth-order valence-corrected chi connectivity index (χ4v) is 9.84. The second-order valence-corrected chi connectivity index (χ2v) is 15.1. The molecule has 4 rings (SSSR count). The van der Waals surface area contributed by atoms with Gasteiger partial charge < -0.3 is 15.2 Å². The molecule has 2 N–H and O–H groups in total. The molecule has 3 saturated carbocycles. The van der Waals surface area contributed by atoms with Crippen LogP contribution >= 0.6 is 0 Å². The van der Waals surface area contributed by atoms with E-state index in [1.54, 1.807) is 0 Å². The molecule has 0 aromatic heterocycles. The minimum absolute atomic E-state index is 0.00978. The molecule has 4 fully saturated rings. The summed E-state index contributed by atoms with van der Waals surface area (Å²) in [6.07, 6.45) is 5.13. The Morgan fingerprint density at radius 1 is 0.974 bits per heavy atom. The Morgan fingerprint density at radius 2 is 1.59 bits per heavy atom. The van der Waals surface area contributed by atoms with E-state index in [1.165, 1.54) is 6.92 Å². The number of nitrogens with one attached hydrogen (secondary N) is 1. The Bertz CT molecular complexity index is 1050. The van der Waals surface area contributed by atoms with Crippen molar-refractivity contribution in [2.24, 2.45) is 45.3 Å².